The van der Waals surface area contributed by atoms with Gasteiger partial charge in [-0.1, -0.05) is 13.8 Å². The van der Waals surface area contributed by atoms with Crippen LogP contribution in [0.3, 0.4) is 0 Å². The van der Waals surface area contributed by atoms with Crippen LogP contribution in [0.1, 0.15) is 25.5 Å². The van der Waals surface area contributed by atoms with Crippen molar-refractivity contribution in [1.82, 2.24) is 14.8 Å². The fourth-order valence-electron chi connectivity index (χ4n) is 2.05. The second-order valence-electron chi connectivity index (χ2n) is 5.46. The van der Waals surface area contributed by atoms with Crippen molar-refractivity contribution in [3.05, 3.63) is 44.9 Å². The minimum atomic E-state index is -0.193. The smallest absolute Gasteiger partial charge is 0.281 e. The number of methoxy groups -OCH3 is 1. The van der Waals surface area contributed by atoms with E-state index in [0.717, 1.165) is 11.4 Å². The molecular weight excluding hydrogens is 362 g/mol. The molecule has 2 atom stereocenters. The van der Waals surface area contributed by atoms with Crippen molar-refractivity contribution in [2.75, 3.05) is 13.7 Å². The first-order chi connectivity index (χ1) is 10.9. The average Bonchev–Trinajstić information content (AvgIpc) is 2.56. The molecule has 2 aromatic heterocycles. The number of hydrogen-bond donors (Lipinski definition) is 0. The summed E-state index contributed by atoms with van der Waals surface area (Å²) in [5.41, 5.74) is 0.790. The molecule has 0 N–H and O–H groups in total. The molecule has 0 unspecified atom stereocenters. The molecule has 6 nitrogen and oxygen atoms in total. The number of hydrogen-bond acceptors (Lipinski definition) is 5. The lowest BCUT2D eigenvalue weighted by molar-refractivity contribution is 0.227. The van der Waals surface area contributed by atoms with Crippen LogP contribution in [-0.4, -0.2) is 28.5 Å². The molecule has 124 valence electrons. The highest BCUT2D eigenvalue weighted by atomic mass is 79.9. The summed E-state index contributed by atoms with van der Waals surface area (Å²) in [6.45, 7) is 4.67. The van der Waals surface area contributed by atoms with Crippen LogP contribution in [0, 0.1) is 5.92 Å². The SMILES string of the molecule is COc1ccc([C@@H](C)[C@H](C)COc2cc(Br)c(=O)n(C)n2)nc1. The second-order valence-corrected chi connectivity index (χ2v) is 6.31. The Morgan fingerprint density at radius 3 is 2.65 bits per heavy atom. The van der Waals surface area contributed by atoms with Crippen molar-refractivity contribution < 1.29 is 9.47 Å². The zero-order chi connectivity index (χ0) is 17.0. The first kappa shape index (κ1) is 17.5. The molecule has 0 saturated carbocycles. The fraction of sp³-hybridized carbons (Fsp3) is 0.438. The predicted molar refractivity (Wildman–Crippen MR) is 91.0 cm³/mol. The Bertz CT molecular complexity index is 689. The summed E-state index contributed by atoms with van der Waals surface area (Å²) in [4.78, 5) is 16.0. The molecule has 0 fully saturated rings. The molecule has 2 aromatic rings. The normalized spacial score (nSPS) is 13.4. The number of aryl methyl sites for hydroxylation is 1. The Labute approximate surface area is 143 Å². The van der Waals surface area contributed by atoms with Crippen molar-refractivity contribution in [2.45, 2.75) is 19.8 Å². The van der Waals surface area contributed by atoms with E-state index in [0.29, 0.717) is 17.0 Å². The fourth-order valence-corrected chi connectivity index (χ4v) is 2.50. The highest BCUT2D eigenvalue weighted by Gasteiger charge is 2.17. The van der Waals surface area contributed by atoms with Gasteiger partial charge in [0.1, 0.15) is 5.75 Å². The van der Waals surface area contributed by atoms with Gasteiger partial charge in [0.05, 0.1) is 24.4 Å². The van der Waals surface area contributed by atoms with E-state index >= 15 is 0 Å². The van der Waals surface area contributed by atoms with Crippen LogP contribution in [0.25, 0.3) is 0 Å². The van der Waals surface area contributed by atoms with Crippen LogP contribution in [-0.2, 0) is 7.05 Å². The monoisotopic (exact) mass is 381 g/mol. The van der Waals surface area contributed by atoms with Gasteiger partial charge >= 0.3 is 0 Å². The van der Waals surface area contributed by atoms with Crippen LogP contribution in [0.15, 0.2) is 33.7 Å². The standard InChI is InChI=1S/C16H20BrN3O3/c1-10(11(2)14-6-5-12(22-4)8-18-14)9-23-15-7-13(17)16(21)20(3)19-15/h5-8,10-11H,9H2,1-4H3/t10-,11+/m1/s1. The molecule has 0 bridgehead atoms. The quantitative estimate of drug-likeness (QED) is 0.769. The molecule has 0 aromatic carbocycles. The van der Waals surface area contributed by atoms with Gasteiger partial charge in [0.15, 0.2) is 0 Å². The third kappa shape index (κ3) is 4.31. The summed E-state index contributed by atoms with van der Waals surface area (Å²) >= 11 is 3.21. The van der Waals surface area contributed by atoms with Gasteiger partial charge < -0.3 is 9.47 Å². The van der Waals surface area contributed by atoms with Gasteiger partial charge in [0, 0.05) is 24.7 Å². The Hall–Kier alpha value is -1.89. The molecular formula is C16H20BrN3O3. The Morgan fingerprint density at radius 1 is 1.35 bits per heavy atom. The summed E-state index contributed by atoms with van der Waals surface area (Å²) < 4.78 is 12.5. The highest BCUT2D eigenvalue weighted by Crippen LogP contribution is 2.24. The first-order valence-corrected chi connectivity index (χ1v) is 8.08. The topological polar surface area (TPSA) is 66.2 Å². The molecule has 7 heteroatoms. The number of rotatable bonds is 6. The number of ether oxygens (including phenoxy) is 2. The van der Waals surface area contributed by atoms with Crippen molar-refractivity contribution in [3.63, 3.8) is 0 Å². The third-order valence-corrected chi connectivity index (χ3v) is 4.37. The van der Waals surface area contributed by atoms with Crippen molar-refractivity contribution in [2.24, 2.45) is 13.0 Å². The maximum Gasteiger partial charge on any atom is 0.281 e. The number of pyridine rings is 1. The highest BCUT2D eigenvalue weighted by molar-refractivity contribution is 9.10. The zero-order valence-corrected chi connectivity index (χ0v) is 15.2. The zero-order valence-electron chi connectivity index (χ0n) is 13.6. The van der Waals surface area contributed by atoms with Crippen molar-refractivity contribution >= 4 is 15.9 Å². The van der Waals surface area contributed by atoms with E-state index in [9.17, 15) is 4.79 Å². The molecule has 0 saturated heterocycles. The molecule has 0 aliphatic carbocycles. The molecule has 0 amide bonds. The van der Waals surface area contributed by atoms with E-state index in [4.69, 9.17) is 9.47 Å². The van der Waals surface area contributed by atoms with Crippen molar-refractivity contribution in [1.29, 1.82) is 0 Å². The maximum atomic E-state index is 11.6. The van der Waals surface area contributed by atoms with Gasteiger partial charge in [-0.05, 0) is 34.0 Å². The largest absolute Gasteiger partial charge is 0.495 e. The lowest BCUT2D eigenvalue weighted by atomic mass is 9.93. The number of halogens is 1. The van der Waals surface area contributed by atoms with Gasteiger partial charge in [0.25, 0.3) is 5.56 Å². The molecule has 0 spiro atoms. The van der Waals surface area contributed by atoms with E-state index in [1.54, 1.807) is 26.4 Å². The molecule has 0 aliphatic rings. The molecule has 0 aliphatic heterocycles. The summed E-state index contributed by atoms with van der Waals surface area (Å²) in [6.07, 6.45) is 1.71. The van der Waals surface area contributed by atoms with E-state index in [2.05, 4.69) is 39.9 Å². The van der Waals surface area contributed by atoms with E-state index in [1.807, 2.05) is 12.1 Å². The van der Waals surface area contributed by atoms with E-state index in [-0.39, 0.29) is 17.4 Å². The lowest BCUT2D eigenvalue weighted by Gasteiger charge is -2.20. The Kier molecular flexibility index (Phi) is 5.76. The Balaban J connectivity index is 2.00. The molecule has 2 heterocycles. The van der Waals surface area contributed by atoms with Crippen LogP contribution < -0.4 is 15.0 Å². The molecule has 23 heavy (non-hydrogen) atoms. The van der Waals surface area contributed by atoms with E-state index < -0.39 is 0 Å². The maximum absolute atomic E-state index is 11.6. The van der Waals surface area contributed by atoms with Crippen LogP contribution >= 0.6 is 15.9 Å². The van der Waals surface area contributed by atoms with E-state index in [1.165, 1.54) is 4.68 Å². The lowest BCUT2D eigenvalue weighted by Crippen LogP contribution is -2.22. The second kappa shape index (κ2) is 7.59. The summed E-state index contributed by atoms with van der Waals surface area (Å²) in [5.74, 6) is 1.61. The molecule has 2 rings (SSSR count). The summed E-state index contributed by atoms with van der Waals surface area (Å²) in [7, 11) is 3.21. The minimum absolute atomic E-state index is 0.193. The van der Waals surface area contributed by atoms with Crippen LogP contribution in [0.2, 0.25) is 0 Å². The minimum Gasteiger partial charge on any atom is -0.495 e. The van der Waals surface area contributed by atoms with Gasteiger partial charge in [-0.25, -0.2) is 4.68 Å². The van der Waals surface area contributed by atoms with Gasteiger partial charge in [-0.3, -0.25) is 9.78 Å². The van der Waals surface area contributed by atoms with Crippen LogP contribution in [0.5, 0.6) is 11.6 Å². The average molecular weight is 382 g/mol. The Morgan fingerprint density at radius 2 is 2.09 bits per heavy atom. The van der Waals surface area contributed by atoms with Crippen molar-refractivity contribution in [3.8, 4) is 11.6 Å². The summed E-state index contributed by atoms with van der Waals surface area (Å²) in [6, 6.07) is 5.45. The number of nitrogens with zero attached hydrogens (tertiary/aromatic N) is 3. The molecule has 0 radical (unpaired) electrons. The number of aromatic nitrogens is 3. The van der Waals surface area contributed by atoms with Crippen LogP contribution in [0.4, 0.5) is 0 Å². The van der Waals surface area contributed by atoms with Gasteiger partial charge in [-0.15, -0.1) is 5.10 Å². The van der Waals surface area contributed by atoms with Gasteiger partial charge in [-0.2, -0.15) is 0 Å². The third-order valence-electron chi connectivity index (χ3n) is 3.81. The van der Waals surface area contributed by atoms with Gasteiger partial charge in [0.2, 0.25) is 5.88 Å². The summed E-state index contributed by atoms with van der Waals surface area (Å²) in [5, 5.41) is 4.08. The first-order valence-electron chi connectivity index (χ1n) is 7.29. The predicted octanol–water partition coefficient (Wildman–Crippen LogP) is 2.77.